The molecule has 16 heavy (non-hydrogen) atoms. The summed E-state index contributed by atoms with van der Waals surface area (Å²) in [4.78, 5) is 1.34. The van der Waals surface area contributed by atoms with Crippen molar-refractivity contribution in [2.75, 3.05) is 11.5 Å². The van der Waals surface area contributed by atoms with Crippen LogP contribution in [0, 0.1) is 6.92 Å². The highest BCUT2D eigenvalue weighted by molar-refractivity contribution is 7.99. The van der Waals surface area contributed by atoms with Gasteiger partial charge in [-0.15, -0.1) is 11.8 Å². The van der Waals surface area contributed by atoms with Crippen LogP contribution in [0.1, 0.15) is 5.56 Å². The molecule has 0 atom stereocenters. The van der Waals surface area contributed by atoms with E-state index in [0.29, 0.717) is 0 Å². The van der Waals surface area contributed by atoms with Crippen molar-refractivity contribution < 1.29 is 0 Å². The lowest BCUT2D eigenvalue weighted by Crippen LogP contribution is -2.00. The van der Waals surface area contributed by atoms with Crippen LogP contribution in [0.15, 0.2) is 41.6 Å². The van der Waals surface area contributed by atoms with Crippen LogP contribution in [0.3, 0.4) is 0 Å². The molecule has 0 saturated heterocycles. The van der Waals surface area contributed by atoms with Crippen molar-refractivity contribution in [3.63, 3.8) is 0 Å². The molecule has 0 aliphatic carbocycles. The van der Waals surface area contributed by atoms with E-state index in [1.807, 2.05) is 22.6 Å². The molecule has 0 aliphatic heterocycles. The number of benzene rings is 1. The van der Waals surface area contributed by atoms with E-state index in [0.717, 1.165) is 18.0 Å². The predicted octanol–water partition coefficient (Wildman–Crippen LogP) is 2.57. The second kappa shape index (κ2) is 5.07. The number of hydrogen-bond acceptors (Lipinski definition) is 3. The van der Waals surface area contributed by atoms with Gasteiger partial charge in [-0.05, 0) is 18.6 Å². The molecule has 84 valence electrons. The second-order valence-electron chi connectivity index (χ2n) is 3.65. The molecule has 0 radical (unpaired) electrons. The Labute approximate surface area is 99.7 Å². The van der Waals surface area contributed by atoms with Crippen molar-refractivity contribution in [2.24, 2.45) is 0 Å². The van der Waals surface area contributed by atoms with E-state index < -0.39 is 0 Å². The zero-order valence-electron chi connectivity index (χ0n) is 9.26. The van der Waals surface area contributed by atoms with Gasteiger partial charge in [-0.3, -0.25) is 4.68 Å². The molecule has 0 saturated carbocycles. The summed E-state index contributed by atoms with van der Waals surface area (Å²) < 4.78 is 1.88. The van der Waals surface area contributed by atoms with Crippen molar-refractivity contribution >= 4 is 17.4 Å². The highest BCUT2D eigenvalue weighted by atomic mass is 32.2. The molecule has 2 aromatic rings. The lowest BCUT2D eigenvalue weighted by atomic mass is 10.2. The van der Waals surface area contributed by atoms with E-state index in [2.05, 4.69) is 36.3 Å². The molecule has 1 aromatic carbocycles. The second-order valence-corrected chi connectivity index (χ2v) is 4.79. The van der Waals surface area contributed by atoms with E-state index in [1.165, 1.54) is 10.5 Å². The zero-order valence-corrected chi connectivity index (χ0v) is 10.1. The largest absolute Gasteiger partial charge is 0.396 e. The Balaban J connectivity index is 1.87. The fraction of sp³-hybridized carbons (Fsp3) is 0.250. The Morgan fingerprint density at radius 3 is 2.88 bits per heavy atom. The van der Waals surface area contributed by atoms with Gasteiger partial charge in [-0.1, -0.05) is 18.2 Å². The number of thioether (sulfide) groups is 1. The lowest BCUT2D eigenvalue weighted by molar-refractivity contribution is 0.666. The van der Waals surface area contributed by atoms with E-state index in [-0.39, 0.29) is 0 Å². The topological polar surface area (TPSA) is 43.8 Å². The van der Waals surface area contributed by atoms with Gasteiger partial charge in [0.25, 0.3) is 0 Å². The highest BCUT2D eigenvalue weighted by Crippen LogP contribution is 2.21. The van der Waals surface area contributed by atoms with Crippen LogP contribution in [-0.2, 0) is 6.54 Å². The monoisotopic (exact) mass is 233 g/mol. The van der Waals surface area contributed by atoms with Crippen LogP contribution in [-0.4, -0.2) is 15.5 Å². The Hall–Kier alpha value is -1.42. The molecule has 0 fully saturated rings. The fourth-order valence-corrected chi connectivity index (χ4v) is 2.44. The standard InChI is InChI=1S/C12H15N3S/c1-10-4-2-3-5-12(10)16-7-6-15-9-11(13)8-14-15/h2-5,8-9H,6-7,13H2,1H3. The van der Waals surface area contributed by atoms with Crippen LogP contribution in [0.2, 0.25) is 0 Å². The summed E-state index contributed by atoms with van der Waals surface area (Å²) in [7, 11) is 0. The predicted molar refractivity (Wildman–Crippen MR) is 68.5 cm³/mol. The number of nitrogen functional groups attached to an aromatic ring is 1. The van der Waals surface area contributed by atoms with Gasteiger partial charge in [0.05, 0.1) is 18.4 Å². The molecule has 4 heteroatoms. The van der Waals surface area contributed by atoms with Gasteiger partial charge in [0.15, 0.2) is 0 Å². The van der Waals surface area contributed by atoms with Crippen LogP contribution >= 0.6 is 11.8 Å². The van der Waals surface area contributed by atoms with Gasteiger partial charge >= 0.3 is 0 Å². The van der Waals surface area contributed by atoms with Crippen molar-refractivity contribution in [3.8, 4) is 0 Å². The first kappa shape index (κ1) is 11.1. The molecule has 1 aromatic heterocycles. The maximum atomic E-state index is 5.60. The van der Waals surface area contributed by atoms with Gasteiger partial charge < -0.3 is 5.73 Å². The third-order valence-corrected chi connectivity index (χ3v) is 3.48. The summed E-state index contributed by atoms with van der Waals surface area (Å²) in [6, 6.07) is 8.42. The molecule has 0 unspecified atom stereocenters. The quantitative estimate of drug-likeness (QED) is 0.825. The molecule has 0 spiro atoms. The average molecular weight is 233 g/mol. The van der Waals surface area contributed by atoms with Crippen molar-refractivity contribution in [1.82, 2.24) is 9.78 Å². The minimum Gasteiger partial charge on any atom is -0.396 e. The Morgan fingerprint density at radius 1 is 1.38 bits per heavy atom. The fourth-order valence-electron chi connectivity index (χ4n) is 1.47. The number of hydrogen-bond donors (Lipinski definition) is 1. The minimum atomic E-state index is 0.723. The summed E-state index contributed by atoms with van der Waals surface area (Å²) >= 11 is 1.85. The van der Waals surface area contributed by atoms with Crippen LogP contribution < -0.4 is 5.73 Å². The molecule has 0 amide bonds. The smallest absolute Gasteiger partial charge is 0.0719 e. The van der Waals surface area contributed by atoms with Gasteiger partial charge in [0, 0.05) is 16.8 Å². The summed E-state index contributed by atoms with van der Waals surface area (Å²) in [6.45, 7) is 3.02. The van der Waals surface area contributed by atoms with Crippen molar-refractivity contribution in [3.05, 3.63) is 42.2 Å². The van der Waals surface area contributed by atoms with Gasteiger partial charge in [0.2, 0.25) is 0 Å². The average Bonchev–Trinajstić information content (AvgIpc) is 2.67. The van der Waals surface area contributed by atoms with E-state index in [1.54, 1.807) is 6.20 Å². The lowest BCUT2D eigenvalue weighted by Gasteiger charge is -2.04. The number of nitrogens with zero attached hydrogens (tertiary/aromatic N) is 2. The zero-order chi connectivity index (χ0) is 11.4. The van der Waals surface area contributed by atoms with Crippen LogP contribution in [0.5, 0.6) is 0 Å². The SMILES string of the molecule is Cc1ccccc1SCCn1cc(N)cn1. The molecular weight excluding hydrogens is 218 g/mol. The molecular formula is C12H15N3S. The van der Waals surface area contributed by atoms with Gasteiger partial charge in [-0.25, -0.2) is 0 Å². The molecule has 0 bridgehead atoms. The van der Waals surface area contributed by atoms with Crippen LogP contribution in [0.25, 0.3) is 0 Å². The van der Waals surface area contributed by atoms with E-state index in [9.17, 15) is 0 Å². The Morgan fingerprint density at radius 2 is 2.19 bits per heavy atom. The number of aryl methyl sites for hydroxylation is 2. The maximum absolute atomic E-state index is 5.60. The maximum Gasteiger partial charge on any atom is 0.0719 e. The van der Waals surface area contributed by atoms with Crippen LogP contribution in [0.4, 0.5) is 5.69 Å². The molecule has 0 aliphatic rings. The first-order chi connectivity index (χ1) is 7.75. The third-order valence-electron chi connectivity index (χ3n) is 2.32. The molecule has 2 rings (SSSR count). The third kappa shape index (κ3) is 2.79. The molecule has 3 nitrogen and oxygen atoms in total. The summed E-state index contributed by atoms with van der Waals surface area (Å²) in [5, 5.41) is 4.15. The van der Waals surface area contributed by atoms with Crippen molar-refractivity contribution in [1.29, 1.82) is 0 Å². The summed E-state index contributed by atoms with van der Waals surface area (Å²) in [5.74, 6) is 1.01. The molecule has 2 N–H and O–H groups in total. The number of rotatable bonds is 4. The number of nitrogens with two attached hydrogens (primary N) is 1. The number of aromatic nitrogens is 2. The Kier molecular flexibility index (Phi) is 3.51. The first-order valence-electron chi connectivity index (χ1n) is 5.22. The van der Waals surface area contributed by atoms with Gasteiger partial charge in [-0.2, -0.15) is 5.10 Å². The highest BCUT2D eigenvalue weighted by Gasteiger charge is 1.99. The normalized spacial score (nSPS) is 10.6. The Bertz CT molecular complexity index is 465. The number of anilines is 1. The van der Waals surface area contributed by atoms with E-state index in [4.69, 9.17) is 5.73 Å². The summed E-state index contributed by atoms with van der Waals surface area (Å²) in [6.07, 6.45) is 3.54. The summed E-state index contributed by atoms with van der Waals surface area (Å²) in [5.41, 5.74) is 7.64. The van der Waals surface area contributed by atoms with Crippen molar-refractivity contribution in [2.45, 2.75) is 18.4 Å². The minimum absolute atomic E-state index is 0.723. The van der Waals surface area contributed by atoms with E-state index >= 15 is 0 Å². The molecule has 1 heterocycles. The first-order valence-corrected chi connectivity index (χ1v) is 6.20. The van der Waals surface area contributed by atoms with Gasteiger partial charge in [0.1, 0.15) is 0 Å².